The van der Waals surface area contributed by atoms with Gasteiger partial charge in [-0.3, -0.25) is 0 Å². The van der Waals surface area contributed by atoms with Crippen LogP contribution >= 0.6 is 0 Å². The number of ether oxygens (including phenoxy) is 1. The average molecular weight is 227 g/mol. The van der Waals surface area contributed by atoms with E-state index in [-0.39, 0.29) is 12.6 Å². The minimum absolute atomic E-state index is 0.213. The van der Waals surface area contributed by atoms with Gasteiger partial charge >= 0.3 is 0 Å². The molecule has 2 N–H and O–H groups in total. The highest BCUT2D eigenvalue weighted by atomic mass is 16.5. The van der Waals surface area contributed by atoms with Crippen molar-refractivity contribution < 1.29 is 9.84 Å². The van der Waals surface area contributed by atoms with Crippen LogP contribution in [-0.2, 0) is 4.74 Å². The van der Waals surface area contributed by atoms with Crippen molar-refractivity contribution in [1.82, 2.24) is 5.32 Å². The molecule has 0 radical (unpaired) electrons. The molecule has 1 spiro atoms. The van der Waals surface area contributed by atoms with Crippen molar-refractivity contribution in [2.75, 3.05) is 13.2 Å². The molecule has 0 aliphatic heterocycles. The van der Waals surface area contributed by atoms with Crippen LogP contribution in [0, 0.1) is 5.41 Å². The number of nitrogens with one attached hydrogen (secondary N) is 1. The molecular weight excluding hydrogens is 202 g/mol. The van der Waals surface area contributed by atoms with E-state index in [2.05, 4.69) is 19.2 Å². The first kappa shape index (κ1) is 12.3. The van der Waals surface area contributed by atoms with Crippen LogP contribution < -0.4 is 5.32 Å². The third kappa shape index (κ3) is 2.01. The van der Waals surface area contributed by atoms with Gasteiger partial charge in [-0.05, 0) is 33.1 Å². The van der Waals surface area contributed by atoms with E-state index in [4.69, 9.17) is 9.84 Å². The molecule has 2 aliphatic carbocycles. The maximum Gasteiger partial charge on any atom is 0.0661 e. The highest BCUT2D eigenvalue weighted by Crippen LogP contribution is 2.54. The zero-order valence-electron chi connectivity index (χ0n) is 10.5. The van der Waals surface area contributed by atoms with E-state index in [9.17, 15) is 0 Å². The Hall–Kier alpha value is -0.120. The molecule has 3 heteroatoms. The summed E-state index contributed by atoms with van der Waals surface area (Å²) in [7, 11) is 0. The number of rotatable bonds is 5. The number of aliphatic hydroxyl groups excluding tert-OH is 1. The van der Waals surface area contributed by atoms with Gasteiger partial charge in [-0.1, -0.05) is 12.8 Å². The highest BCUT2D eigenvalue weighted by molar-refractivity contribution is 5.10. The molecule has 2 rings (SSSR count). The zero-order valence-corrected chi connectivity index (χ0v) is 10.5. The van der Waals surface area contributed by atoms with E-state index in [1.54, 1.807) is 0 Å². The van der Waals surface area contributed by atoms with Gasteiger partial charge in [0.1, 0.15) is 0 Å². The standard InChI is InChI=1S/C13H25NO2/c1-3-16-12-8-11(14-10(2)9-15)13(12)6-4-5-7-13/h10-12,14-15H,3-9H2,1-2H3/t10-,11?,12?/m1/s1. The maximum absolute atomic E-state index is 9.11. The molecule has 0 heterocycles. The summed E-state index contributed by atoms with van der Waals surface area (Å²) in [5.74, 6) is 0. The lowest BCUT2D eigenvalue weighted by molar-refractivity contribution is -0.133. The first-order valence-corrected chi connectivity index (χ1v) is 6.71. The Kier molecular flexibility index (Phi) is 3.88. The second-order valence-corrected chi connectivity index (χ2v) is 5.42. The van der Waals surface area contributed by atoms with Gasteiger partial charge in [0, 0.05) is 24.1 Å². The summed E-state index contributed by atoms with van der Waals surface area (Å²) in [6, 6.07) is 0.777. The van der Waals surface area contributed by atoms with Crippen molar-refractivity contribution >= 4 is 0 Å². The van der Waals surface area contributed by atoms with Gasteiger partial charge in [0.2, 0.25) is 0 Å². The van der Waals surface area contributed by atoms with E-state index in [0.717, 1.165) is 13.0 Å². The molecule has 0 saturated heterocycles. The molecule has 0 amide bonds. The van der Waals surface area contributed by atoms with Crippen LogP contribution in [-0.4, -0.2) is 36.5 Å². The normalized spacial score (nSPS) is 33.9. The second kappa shape index (κ2) is 5.03. The molecule has 0 aromatic carbocycles. The lowest BCUT2D eigenvalue weighted by Gasteiger charge is -2.55. The summed E-state index contributed by atoms with van der Waals surface area (Å²) >= 11 is 0. The minimum Gasteiger partial charge on any atom is -0.395 e. The Morgan fingerprint density at radius 1 is 1.44 bits per heavy atom. The van der Waals surface area contributed by atoms with E-state index >= 15 is 0 Å². The topological polar surface area (TPSA) is 41.5 Å². The SMILES string of the molecule is CCOC1CC(N[C@H](C)CO)C12CCCC2. The fraction of sp³-hybridized carbons (Fsp3) is 1.00. The van der Waals surface area contributed by atoms with Gasteiger partial charge < -0.3 is 15.2 Å². The Balaban J connectivity index is 1.95. The molecule has 94 valence electrons. The van der Waals surface area contributed by atoms with Crippen LogP contribution in [0.15, 0.2) is 0 Å². The van der Waals surface area contributed by atoms with Crippen LogP contribution in [0.4, 0.5) is 0 Å². The minimum atomic E-state index is 0.213. The van der Waals surface area contributed by atoms with Gasteiger partial charge in [0.15, 0.2) is 0 Å². The number of aliphatic hydroxyl groups is 1. The molecular formula is C13H25NO2. The van der Waals surface area contributed by atoms with Crippen LogP contribution in [0.25, 0.3) is 0 Å². The average Bonchev–Trinajstić information content (AvgIpc) is 2.79. The lowest BCUT2D eigenvalue weighted by atomic mass is 9.60. The molecule has 0 aromatic heterocycles. The molecule has 2 unspecified atom stereocenters. The van der Waals surface area contributed by atoms with E-state index in [1.807, 2.05) is 0 Å². The Morgan fingerprint density at radius 2 is 2.12 bits per heavy atom. The van der Waals surface area contributed by atoms with E-state index in [0.29, 0.717) is 17.6 Å². The Bertz CT molecular complexity index is 226. The molecule has 0 aromatic rings. The Morgan fingerprint density at radius 3 is 2.69 bits per heavy atom. The van der Waals surface area contributed by atoms with Gasteiger partial charge in [0.05, 0.1) is 12.7 Å². The summed E-state index contributed by atoms with van der Waals surface area (Å²) in [6.45, 7) is 5.19. The van der Waals surface area contributed by atoms with Crippen LogP contribution in [0.2, 0.25) is 0 Å². The molecule has 16 heavy (non-hydrogen) atoms. The first-order chi connectivity index (χ1) is 7.73. The third-order valence-corrected chi connectivity index (χ3v) is 4.45. The number of hydrogen-bond donors (Lipinski definition) is 2. The largest absolute Gasteiger partial charge is 0.395 e. The summed E-state index contributed by atoms with van der Waals surface area (Å²) in [5, 5.41) is 12.7. The molecule has 0 bridgehead atoms. The Labute approximate surface area is 98.6 Å². The molecule has 3 atom stereocenters. The van der Waals surface area contributed by atoms with Crippen molar-refractivity contribution in [1.29, 1.82) is 0 Å². The highest BCUT2D eigenvalue weighted by Gasteiger charge is 2.56. The fourth-order valence-corrected chi connectivity index (χ4v) is 3.52. The van der Waals surface area contributed by atoms with Gasteiger partial charge in [-0.2, -0.15) is 0 Å². The summed E-state index contributed by atoms with van der Waals surface area (Å²) in [5.41, 5.74) is 0.388. The van der Waals surface area contributed by atoms with Gasteiger partial charge in [-0.15, -0.1) is 0 Å². The van der Waals surface area contributed by atoms with Crippen molar-refractivity contribution in [2.24, 2.45) is 5.41 Å². The summed E-state index contributed by atoms with van der Waals surface area (Å²) < 4.78 is 5.86. The van der Waals surface area contributed by atoms with Gasteiger partial charge in [0.25, 0.3) is 0 Å². The molecule has 3 nitrogen and oxygen atoms in total. The van der Waals surface area contributed by atoms with Crippen LogP contribution in [0.1, 0.15) is 46.0 Å². The zero-order chi connectivity index (χ0) is 11.6. The molecule has 2 fully saturated rings. The molecule has 2 aliphatic rings. The van der Waals surface area contributed by atoms with Crippen LogP contribution in [0.5, 0.6) is 0 Å². The van der Waals surface area contributed by atoms with Crippen molar-refractivity contribution in [3.05, 3.63) is 0 Å². The monoisotopic (exact) mass is 227 g/mol. The second-order valence-electron chi connectivity index (χ2n) is 5.42. The predicted octanol–water partition coefficient (Wildman–Crippen LogP) is 1.69. The van der Waals surface area contributed by atoms with E-state index < -0.39 is 0 Å². The fourth-order valence-electron chi connectivity index (χ4n) is 3.52. The summed E-state index contributed by atoms with van der Waals surface area (Å²) in [6.07, 6.45) is 6.87. The summed E-state index contributed by atoms with van der Waals surface area (Å²) in [4.78, 5) is 0. The first-order valence-electron chi connectivity index (χ1n) is 6.71. The predicted molar refractivity (Wildman–Crippen MR) is 64.4 cm³/mol. The van der Waals surface area contributed by atoms with Crippen molar-refractivity contribution in [2.45, 2.75) is 64.1 Å². The van der Waals surface area contributed by atoms with Gasteiger partial charge in [-0.25, -0.2) is 0 Å². The third-order valence-electron chi connectivity index (χ3n) is 4.45. The number of hydrogen-bond acceptors (Lipinski definition) is 3. The van der Waals surface area contributed by atoms with E-state index in [1.165, 1.54) is 25.7 Å². The maximum atomic E-state index is 9.11. The quantitative estimate of drug-likeness (QED) is 0.751. The smallest absolute Gasteiger partial charge is 0.0661 e. The van der Waals surface area contributed by atoms with Crippen molar-refractivity contribution in [3.8, 4) is 0 Å². The van der Waals surface area contributed by atoms with Crippen molar-refractivity contribution in [3.63, 3.8) is 0 Å². The molecule has 2 saturated carbocycles. The van der Waals surface area contributed by atoms with Crippen LogP contribution in [0.3, 0.4) is 0 Å². The lowest BCUT2D eigenvalue weighted by Crippen LogP contribution is -2.64.